The van der Waals surface area contributed by atoms with E-state index in [-0.39, 0.29) is 0 Å². The fraction of sp³-hybridized carbons (Fsp3) is 0.250. The van der Waals surface area contributed by atoms with Gasteiger partial charge in [0.1, 0.15) is 5.69 Å². The number of carbonyl (C=O) groups excluding carboxylic acids is 1. The van der Waals surface area contributed by atoms with Crippen molar-refractivity contribution >= 4 is 5.91 Å². The molecule has 0 saturated carbocycles. The molecule has 1 rings (SSSR count). The van der Waals surface area contributed by atoms with Gasteiger partial charge in [0.2, 0.25) is 0 Å². The molecule has 1 heterocycles. The minimum atomic E-state index is -0.506. The molecule has 1 aromatic rings. The summed E-state index contributed by atoms with van der Waals surface area (Å²) < 4.78 is 0. The summed E-state index contributed by atoms with van der Waals surface area (Å²) in [5.41, 5.74) is 11.5. The molecule has 64 valence electrons. The van der Waals surface area contributed by atoms with E-state index in [4.69, 9.17) is 11.5 Å². The molecule has 0 atom stereocenters. The first-order valence-corrected chi connectivity index (χ1v) is 3.70. The molecular weight excluding hydrogens is 154 g/mol. The molecule has 0 aliphatic heterocycles. The number of nitrogens with zero attached hydrogens (tertiary/aromatic N) is 1. The topological polar surface area (TPSA) is 82.0 Å². The second kappa shape index (κ2) is 3.82. The summed E-state index contributed by atoms with van der Waals surface area (Å²) >= 11 is 0. The van der Waals surface area contributed by atoms with Gasteiger partial charge in [-0.05, 0) is 18.7 Å². The first-order valence-electron chi connectivity index (χ1n) is 3.70. The molecule has 0 radical (unpaired) electrons. The summed E-state index contributed by atoms with van der Waals surface area (Å²) in [6.45, 7) is 0.523. The van der Waals surface area contributed by atoms with E-state index in [1.165, 1.54) is 0 Å². The Bertz CT molecular complexity index is 285. The lowest BCUT2D eigenvalue weighted by Crippen LogP contribution is -2.14. The van der Waals surface area contributed by atoms with Crippen LogP contribution in [0.3, 0.4) is 0 Å². The number of amides is 1. The van der Waals surface area contributed by atoms with Crippen LogP contribution in [0.4, 0.5) is 0 Å². The highest BCUT2D eigenvalue weighted by Crippen LogP contribution is 1.98. The van der Waals surface area contributed by atoms with E-state index in [1.807, 2.05) is 6.07 Å². The Kier molecular flexibility index (Phi) is 2.76. The second-order valence-corrected chi connectivity index (χ2v) is 2.42. The minimum absolute atomic E-state index is 0.293. The first kappa shape index (κ1) is 8.67. The standard InChI is InChI=1S/C8H11N3O/c9-5-4-6-2-1-3-7(11-6)8(10)12/h1-3H,4-5,9H2,(H2,10,12). The maximum absolute atomic E-state index is 10.7. The molecule has 0 spiro atoms. The number of pyridine rings is 1. The van der Waals surface area contributed by atoms with E-state index < -0.39 is 5.91 Å². The van der Waals surface area contributed by atoms with Crippen molar-refractivity contribution in [2.45, 2.75) is 6.42 Å². The smallest absolute Gasteiger partial charge is 0.267 e. The average Bonchev–Trinajstić information content (AvgIpc) is 2.05. The fourth-order valence-corrected chi connectivity index (χ4v) is 0.904. The van der Waals surface area contributed by atoms with Gasteiger partial charge < -0.3 is 11.5 Å². The zero-order valence-corrected chi connectivity index (χ0v) is 6.66. The molecule has 1 aromatic heterocycles. The van der Waals surface area contributed by atoms with Crippen molar-refractivity contribution in [3.63, 3.8) is 0 Å². The van der Waals surface area contributed by atoms with Crippen LogP contribution in [0.25, 0.3) is 0 Å². The van der Waals surface area contributed by atoms with Crippen LogP contribution in [0.15, 0.2) is 18.2 Å². The van der Waals surface area contributed by atoms with E-state index in [2.05, 4.69) is 4.98 Å². The van der Waals surface area contributed by atoms with Crippen LogP contribution in [0.2, 0.25) is 0 Å². The van der Waals surface area contributed by atoms with Gasteiger partial charge in [-0.2, -0.15) is 0 Å². The van der Waals surface area contributed by atoms with E-state index in [1.54, 1.807) is 12.1 Å². The summed E-state index contributed by atoms with van der Waals surface area (Å²) in [6, 6.07) is 5.15. The monoisotopic (exact) mass is 165 g/mol. The number of hydrogen-bond donors (Lipinski definition) is 2. The van der Waals surface area contributed by atoms with E-state index >= 15 is 0 Å². The van der Waals surface area contributed by atoms with Crippen LogP contribution in [0.1, 0.15) is 16.2 Å². The zero-order chi connectivity index (χ0) is 8.97. The lowest BCUT2D eigenvalue weighted by atomic mass is 10.2. The van der Waals surface area contributed by atoms with Gasteiger partial charge in [0.15, 0.2) is 0 Å². The summed E-state index contributed by atoms with van der Waals surface area (Å²) in [5, 5.41) is 0. The number of nitrogens with two attached hydrogens (primary N) is 2. The highest BCUT2D eigenvalue weighted by molar-refractivity contribution is 5.90. The third-order valence-electron chi connectivity index (χ3n) is 1.46. The lowest BCUT2D eigenvalue weighted by Gasteiger charge is -1.98. The number of carbonyl (C=O) groups is 1. The molecule has 0 fully saturated rings. The van der Waals surface area contributed by atoms with Crippen LogP contribution in [-0.2, 0) is 6.42 Å². The lowest BCUT2D eigenvalue weighted by molar-refractivity contribution is 0.0995. The number of rotatable bonds is 3. The van der Waals surface area contributed by atoms with Crippen molar-refractivity contribution in [1.82, 2.24) is 4.98 Å². The van der Waals surface area contributed by atoms with Crippen LogP contribution in [-0.4, -0.2) is 17.4 Å². The van der Waals surface area contributed by atoms with Crippen LogP contribution < -0.4 is 11.5 Å². The molecule has 0 aromatic carbocycles. The average molecular weight is 165 g/mol. The molecule has 4 heteroatoms. The molecule has 4 N–H and O–H groups in total. The summed E-state index contributed by atoms with van der Waals surface area (Å²) in [4.78, 5) is 14.7. The number of hydrogen-bond acceptors (Lipinski definition) is 3. The van der Waals surface area contributed by atoms with Gasteiger partial charge in [0, 0.05) is 12.1 Å². The quantitative estimate of drug-likeness (QED) is 0.644. The largest absolute Gasteiger partial charge is 0.364 e. The summed E-state index contributed by atoms with van der Waals surface area (Å²) in [6.07, 6.45) is 0.668. The van der Waals surface area contributed by atoms with E-state index in [0.29, 0.717) is 18.7 Å². The normalized spacial score (nSPS) is 9.75. The summed E-state index contributed by atoms with van der Waals surface area (Å²) in [5.74, 6) is -0.506. The molecule has 0 unspecified atom stereocenters. The highest BCUT2D eigenvalue weighted by atomic mass is 16.1. The number of primary amides is 1. The summed E-state index contributed by atoms with van der Waals surface area (Å²) in [7, 11) is 0. The molecular formula is C8H11N3O. The third kappa shape index (κ3) is 2.03. The maximum atomic E-state index is 10.7. The highest BCUT2D eigenvalue weighted by Gasteiger charge is 2.01. The van der Waals surface area contributed by atoms with Crippen LogP contribution in [0, 0.1) is 0 Å². The fourth-order valence-electron chi connectivity index (χ4n) is 0.904. The Morgan fingerprint density at radius 1 is 1.50 bits per heavy atom. The van der Waals surface area contributed by atoms with Gasteiger partial charge in [-0.15, -0.1) is 0 Å². The first-order chi connectivity index (χ1) is 5.74. The Balaban J connectivity index is 2.88. The van der Waals surface area contributed by atoms with E-state index in [0.717, 1.165) is 5.69 Å². The van der Waals surface area contributed by atoms with E-state index in [9.17, 15) is 4.79 Å². The zero-order valence-electron chi connectivity index (χ0n) is 6.66. The SMILES string of the molecule is NCCc1cccc(C(N)=O)n1. The Morgan fingerprint density at radius 2 is 2.25 bits per heavy atom. The minimum Gasteiger partial charge on any atom is -0.364 e. The van der Waals surface area contributed by atoms with Crippen molar-refractivity contribution in [2.24, 2.45) is 11.5 Å². The molecule has 0 aliphatic rings. The Labute approximate surface area is 70.6 Å². The van der Waals surface area contributed by atoms with Crippen LogP contribution in [0.5, 0.6) is 0 Å². The molecule has 1 amide bonds. The van der Waals surface area contributed by atoms with Crippen molar-refractivity contribution in [3.8, 4) is 0 Å². The van der Waals surface area contributed by atoms with Crippen molar-refractivity contribution in [1.29, 1.82) is 0 Å². The molecule has 0 aliphatic carbocycles. The Hall–Kier alpha value is -1.42. The predicted molar refractivity (Wildman–Crippen MR) is 45.5 cm³/mol. The van der Waals surface area contributed by atoms with Gasteiger partial charge in [-0.25, -0.2) is 4.98 Å². The molecule has 0 bridgehead atoms. The van der Waals surface area contributed by atoms with Crippen LogP contribution >= 0.6 is 0 Å². The molecule has 4 nitrogen and oxygen atoms in total. The van der Waals surface area contributed by atoms with Gasteiger partial charge >= 0.3 is 0 Å². The van der Waals surface area contributed by atoms with Gasteiger partial charge in [0.05, 0.1) is 0 Å². The van der Waals surface area contributed by atoms with Crippen molar-refractivity contribution in [3.05, 3.63) is 29.6 Å². The number of aromatic nitrogens is 1. The molecule has 12 heavy (non-hydrogen) atoms. The predicted octanol–water partition coefficient (Wildman–Crippen LogP) is -0.318. The maximum Gasteiger partial charge on any atom is 0.267 e. The Morgan fingerprint density at radius 3 is 2.83 bits per heavy atom. The van der Waals surface area contributed by atoms with Gasteiger partial charge in [0.25, 0.3) is 5.91 Å². The van der Waals surface area contributed by atoms with Crippen molar-refractivity contribution in [2.75, 3.05) is 6.54 Å². The third-order valence-corrected chi connectivity index (χ3v) is 1.46. The molecule has 0 saturated heterocycles. The van der Waals surface area contributed by atoms with Gasteiger partial charge in [-0.1, -0.05) is 6.07 Å². The van der Waals surface area contributed by atoms with Gasteiger partial charge in [-0.3, -0.25) is 4.79 Å². The van der Waals surface area contributed by atoms with Crippen molar-refractivity contribution < 1.29 is 4.79 Å². The second-order valence-electron chi connectivity index (χ2n) is 2.42.